The van der Waals surface area contributed by atoms with Crippen LogP contribution in [0.4, 0.5) is 5.69 Å². The van der Waals surface area contributed by atoms with E-state index >= 15 is 0 Å². The Morgan fingerprint density at radius 2 is 2.45 bits per heavy atom. The fourth-order valence-corrected chi connectivity index (χ4v) is 0.739. The molecule has 0 aliphatic carbocycles. The summed E-state index contributed by atoms with van der Waals surface area (Å²) in [6.45, 7) is 1.59. The Labute approximate surface area is 64.4 Å². The third kappa shape index (κ3) is 1.43. The summed E-state index contributed by atoms with van der Waals surface area (Å²) in [5.74, 6) is 0.339. The molecule has 1 aromatic rings. The standard InChI is InChI=1S/C6H11N3O2/c1-4(10)9-3-5(7)6(8-9)11-2/h3-4,10H,7H2,1-2H3. The van der Waals surface area contributed by atoms with Crippen molar-refractivity contribution in [2.75, 3.05) is 12.8 Å². The highest BCUT2D eigenvalue weighted by molar-refractivity contribution is 5.45. The second kappa shape index (κ2) is 2.79. The maximum absolute atomic E-state index is 9.05. The summed E-state index contributed by atoms with van der Waals surface area (Å²) < 4.78 is 6.14. The average Bonchev–Trinajstić information content (AvgIpc) is 2.31. The van der Waals surface area contributed by atoms with Gasteiger partial charge in [-0.1, -0.05) is 0 Å². The van der Waals surface area contributed by atoms with Crippen molar-refractivity contribution in [3.63, 3.8) is 0 Å². The van der Waals surface area contributed by atoms with Crippen LogP contribution in [-0.2, 0) is 0 Å². The third-order valence-corrected chi connectivity index (χ3v) is 1.30. The molecule has 62 valence electrons. The minimum Gasteiger partial charge on any atom is -0.478 e. The molecule has 0 aliphatic rings. The predicted octanol–water partition coefficient (Wildman–Crippen LogP) is -0.0153. The van der Waals surface area contributed by atoms with Gasteiger partial charge in [-0.25, -0.2) is 4.68 Å². The van der Waals surface area contributed by atoms with Crippen molar-refractivity contribution in [2.45, 2.75) is 13.2 Å². The average molecular weight is 157 g/mol. The number of aromatic nitrogens is 2. The Balaban J connectivity index is 2.95. The van der Waals surface area contributed by atoms with Crippen LogP contribution in [0.5, 0.6) is 5.88 Å². The van der Waals surface area contributed by atoms with Gasteiger partial charge in [-0.05, 0) is 6.92 Å². The predicted molar refractivity (Wildman–Crippen MR) is 40.1 cm³/mol. The SMILES string of the molecule is COc1nn(C(C)O)cc1N. The van der Waals surface area contributed by atoms with Crippen LogP contribution in [0.15, 0.2) is 6.20 Å². The third-order valence-electron chi connectivity index (χ3n) is 1.30. The topological polar surface area (TPSA) is 73.3 Å². The fourth-order valence-electron chi connectivity index (χ4n) is 0.739. The molecule has 0 spiro atoms. The molecule has 1 aromatic heterocycles. The maximum Gasteiger partial charge on any atom is 0.256 e. The van der Waals surface area contributed by atoms with Gasteiger partial charge in [-0.15, -0.1) is 5.10 Å². The van der Waals surface area contributed by atoms with E-state index < -0.39 is 6.23 Å². The van der Waals surface area contributed by atoms with E-state index in [0.29, 0.717) is 11.6 Å². The first-order valence-electron chi connectivity index (χ1n) is 3.22. The normalized spacial score (nSPS) is 13.0. The highest BCUT2D eigenvalue weighted by Crippen LogP contribution is 2.18. The molecule has 0 aliphatic heterocycles. The molecule has 0 fully saturated rings. The Morgan fingerprint density at radius 1 is 1.82 bits per heavy atom. The first-order valence-corrected chi connectivity index (χ1v) is 3.22. The molecule has 3 N–H and O–H groups in total. The van der Waals surface area contributed by atoms with Gasteiger partial charge in [0.25, 0.3) is 5.88 Å². The zero-order chi connectivity index (χ0) is 8.43. The van der Waals surface area contributed by atoms with Crippen molar-refractivity contribution >= 4 is 5.69 Å². The first-order chi connectivity index (χ1) is 5.15. The van der Waals surface area contributed by atoms with E-state index in [9.17, 15) is 0 Å². The molecule has 1 rings (SSSR count). The van der Waals surface area contributed by atoms with Crippen molar-refractivity contribution < 1.29 is 9.84 Å². The molecular formula is C6H11N3O2. The number of nitrogens with two attached hydrogens (primary N) is 1. The van der Waals surface area contributed by atoms with Gasteiger partial charge in [0.1, 0.15) is 11.9 Å². The highest BCUT2D eigenvalue weighted by atomic mass is 16.5. The van der Waals surface area contributed by atoms with Crippen molar-refractivity contribution in [3.8, 4) is 5.88 Å². The fraction of sp³-hybridized carbons (Fsp3) is 0.500. The Morgan fingerprint density at radius 3 is 2.73 bits per heavy atom. The highest BCUT2D eigenvalue weighted by Gasteiger charge is 2.07. The van der Waals surface area contributed by atoms with Gasteiger partial charge in [0.15, 0.2) is 0 Å². The summed E-state index contributed by atoms with van der Waals surface area (Å²) in [5.41, 5.74) is 5.89. The number of aliphatic hydroxyl groups excluding tert-OH is 1. The first kappa shape index (κ1) is 7.87. The number of nitrogen functional groups attached to an aromatic ring is 1. The Bertz CT molecular complexity index is 244. The van der Waals surface area contributed by atoms with E-state index in [4.69, 9.17) is 15.6 Å². The summed E-state index contributed by atoms with van der Waals surface area (Å²) in [6, 6.07) is 0. The smallest absolute Gasteiger partial charge is 0.256 e. The number of ether oxygens (including phenoxy) is 1. The molecule has 0 amide bonds. The van der Waals surface area contributed by atoms with Gasteiger partial charge < -0.3 is 15.6 Å². The van der Waals surface area contributed by atoms with Crippen LogP contribution in [0.2, 0.25) is 0 Å². The molecule has 1 atom stereocenters. The molecule has 0 bridgehead atoms. The monoisotopic (exact) mass is 157 g/mol. The number of nitrogens with zero attached hydrogens (tertiary/aromatic N) is 2. The summed E-state index contributed by atoms with van der Waals surface area (Å²) in [4.78, 5) is 0. The van der Waals surface area contributed by atoms with E-state index in [-0.39, 0.29) is 0 Å². The molecule has 1 unspecified atom stereocenters. The molecule has 0 saturated heterocycles. The maximum atomic E-state index is 9.05. The van der Waals surface area contributed by atoms with Crippen LogP contribution >= 0.6 is 0 Å². The number of hydrogen-bond acceptors (Lipinski definition) is 4. The lowest BCUT2D eigenvalue weighted by Gasteiger charge is -2.01. The summed E-state index contributed by atoms with van der Waals surface area (Å²) in [7, 11) is 1.48. The summed E-state index contributed by atoms with van der Waals surface area (Å²) in [6.07, 6.45) is 0.838. The van der Waals surface area contributed by atoms with Crippen molar-refractivity contribution in [1.82, 2.24) is 9.78 Å². The van der Waals surface area contributed by atoms with Gasteiger partial charge in [0, 0.05) is 0 Å². The van der Waals surface area contributed by atoms with Gasteiger partial charge in [0.05, 0.1) is 13.3 Å². The van der Waals surface area contributed by atoms with Gasteiger partial charge in [0.2, 0.25) is 0 Å². The number of anilines is 1. The van der Waals surface area contributed by atoms with E-state index in [1.807, 2.05) is 0 Å². The van der Waals surface area contributed by atoms with Crippen LogP contribution in [0, 0.1) is 0 Å². The van der Waals surface area contributed by atoms with E-state index in [2.05, 4.69) is 5.10 Å². The number of methoxy groups -OCH3 is 1. The largest absolute Gasteiger partial charge is 0.478 e. The van der Waals surface area contributed by atoms with E-state index in [1.54, 1.807) is 6.92 Å². The van der Waals surface area contributed by atoms with Gasteiger partial charge in [-0.2, -0.15) is 0 Å². The molecule has 11 heavy (non-hydrogen) atoms. The molecule has 0 radical (unpaired) electrons. The molecule has 5 heteroatoms. The second-order valence-electron chi connectivity index (χ2n) is 2.21. The van der Waals surface area contributed by atoms with Gasteiger partial charge >= 0.3 is 0 Å². The lowest BCUT2D eigenvalue weighted by molar-refractivity contribution is 0.109. The zero-order valence-electron chi connectivity index (χ0n) is 6.48. The van der Waals surface area contributed by atoms with Crippen molar-refractivity contribution in [3.05, 3.63) is 6.20 Å². The lowest BCUT2D eigenvalue weighted by Crippen LogP contribution is -2.03. The summed E-state index contributed by atoms with van der Waals surface area (Å²) in [5, 5.41) is 12.9. The van der Waals surface area contributed by atoms with Gasteiger partial charge in [-0.3, -0.25) is 0 Å². The van der Waals surface area contributed by atoms with Crippen LogP contribution < -0.4 is 10.5 Å². The minimum absolute atomic E-state index is 0.339. The molecule has 1 heterocycles. The van der Waals surface area contributed by atoms with Crippen LogP contribution in [0.3, 0.4) is 0 Å². The number of aliphatic hydroxyl groups is 1. The zero-order valence-corrected chi connectivity index (χ0v) is 6.48. The Hall–Kier alpha value is -1.23. The molecule has 0 saturated carbocycles. The Kier molecular flexibility index (Phi) is 2.00. The van der Waals surface area contributed by atoms with E-state index in [1.165, 1.54) is 18.0 Å². The second-order valence-corrected chi connectivity index (χ2v) is 2.21. The van der Waals surface area contributed by atoms with Crippen LogP contribution in [0.1, 0.15) is 13.2 Å². The summed E-state index contributed by atoms with van der Waals surface area (Å²) >= 11 is 0. The molecule has 5 nitrogen and oxygen atoms in total. The number of hydrogen-bond donors (Lipinski definition) is 2. The van der Waals surface area contributed by atoms with E-state index in [0.717, 1.165) is 0 Å². The van der Waals surface area contributed by atoms with Crippen molar-refractivity contribution in [2.24, 2.45) is 0 Å². The van der Waals surface area contributed by atoms with Crippen molar-refractivity contribution in [1.29, 1.82) is 0 Å². The molecular weight excluding hydrogens is 146 g/mol. The minimum atomic E-state index is -0.679. The molecule has 0 aromatic carbocycles. The van der Waals surface area contributed by atoms with Crippen LogP contribution in [0.25, 0.3) is 0 Å². The number of rotatable bonds is 2. The lowest BCUT2D eigenvalue weighted by atomic mass is 10.6. The quantitative estimate of drug-likeness (QED) is 0.633. The van der Waals surface area contributed by atoms with Crippen LogP contribution in [-0.4, -0.2) is 22.0 Å².